The van der Waals surface area contributed by atoms with E-state index in [2.05, 4.69) is 23.4 Å². The molecule has 3 nitrogen and oxygen atoms in total. The molecule has 0 fully saturated rings. The molecular formula is C15H22ClN3. The quantitative estimate of drug-likeness (QED) is 0.772. The second-order valence-corrected chi connectivity index (χ2v) is 5.55. The number of unbranched alkanes of at least 4 members (excludes halogenated alkanes) is 3. The molecular weight excluding hydrogens is 258 g/mol. The maximum atomic E-state index is 6.29. The Labute approximate surface area is 119 Å². The molecule has 2 aromatic rings. The van der Waals surface area contributed by atoms with Gasteiger partial charge in [-0.05, 0) is 25.5 Å². The number of fused-ring (bicyclic) bond motifs is 1. The molecule has 0 amide bonds. The molecule has 1 heterocycles. The number of benzene rings is 1. The molecule has 1 unspecified atom stereocenters. The van der Waals surface area contributed by atoms with Crippen molar-refractivity contribution in [3.05, 3.63) is 23.2 Å². The van der Waals surface area contributed by atoms with Crippen molar-refractivity contribution < 1.29 is 0 Å². The average molecular weight is 280 g/mol. The molecule has 0 aliphatic heterocycles. The number of nitrogens with two attached hydrogens (primary N) is 1. The van der Waals surface area contributed by atoms with E-state index >= 15 is 0 Å². The van der Waals surface area contributed by atoms with Gasteiger partial charge in [0.15, 0.2) is 0 Å². The Morgan fingerprint density at radius 2 is 2.11 bits per heavy atom. The Morgan fingerprint density at radius 3 is 2.84 bits per heavy atom. The molecule has 0 radical (unpaired) electrons. The Kier molecular flexibility index (Phi) is 4.70. The number of anilines is 1. The van der Waals surface area contributed by atoms with Crippen LogP contribution in [-0.2, 0) is 0 Å². The van der Waals surface area contributed by atoms with Crippen molar-refractivity contribution in [2.45, 2.75) is 52.0 Å². The van der Waals surface area contributed by atoms with Crippen LogP contribution in [0.4, 0.5) is 5.95 Å². The number of hydrogen-bond donors (Lipinski definition) is 1. The van der Waals surface area contributed by atoms with Crippen LogP contribution >= 0.6 is 11.6 Å². The fraction of sp³-hybridized carbons (Fsp3) is 0.533. The van der Waals surface area contributed by atoms with Crippen LogP contribution in [-0.4, -0.2) is 9.55 Å². The molecule has 1 atom stereocenters. The Morgan fingerprint density at radius 1 is 1.32 bits per heavy atom. The Bertz CT molecular complexity index is 548. The lowest BCUT2D eigenvalue weighted by Crippen LogP contribution is -2.09. The third-order valence-electron chi connectivity index (χ3n) is 3.60. The van der Waals surface area contributed by atoms with Crippen LogP contribution in [0.1, 0.15) is 52.0 Å². The zero-order valence-corrected chi connectivity index (χ0v) is 12.5. The molecule has 0 aliphatic carbocycles. The van der Waals surface area contributed by atoms with Crippen LogP contribution in [0.2, 0.25) is 5.02 Å². The predicted octanol–water partition coefficient (Wildman–Crippen LogP) is 4.80. The molecule has 2 rings (SSSR count). The van der Waals surface area contributed by atoms with E-state index in [0.717, 1.165) is 22.5 Å². The van der Waals surface area contributed by atoms with Gasteiger partial charge in [0.25, 0.3) is 0 Å². The standard InChI is InChI=1S/C15H22ClN3/c1-3-4-5-6-8-11(2)19-14-12(16)9-7-10-13(14)18-15(19)17/h7,9-11H,3-6,8H2,1-2H3,(H2,17,18). The average Bonchev–Trinajstić information content (AvgIpc) is 2.72. The summed E-state index contributed by atoms with van der Waals surface area (Å²) in [6.07, 6.45) is 6.17. The highest BCUT2D eigenvalue weighted by Crippen LogP contribution is 2.30. The number of hydrogen-bond acceptors (Lipinski definition) is 2. The zero-order valence-electron chi connectivity index (χ0n) is 11.7. The van der Waals surface area contributed by atoms with E-state index in [-0.39, 0.29) is 0 Å². The zero-order chi connectivity index (χ0) is 13.8. The van der Waals surface area contributed by atoms with Crippen molar-refractivity contribution in [1.82, 2.24) is 9.55 Å². The van der Waals surface area contributed by atoms with E-state index in [1.165, 1.54) is 25.7 Å². The summed E-state index contributed by atoms with van der Waals surface area (Å²) in [5, 5.41) is 0.724. The number of nitrogens with zero attached hydrogens (tertiary/aromatic N) is 2. The third-order valence-corrected chi connectivity index (χ3v) is 3.91. The summed E-state index contributed by atoms with van der Waals surface area (Å²) in [6, 6.07) is 6.10. The molecule has 2 N–H and O–H groups in total. The van der Waals surface area contributed by atoms with Crippen LogP contribution in [0.5, 0.6) is 0 Å². The number of rotatable bonds is 6. The molecule has 0 aliphatic rings. The normalized spacial score (nSPS) is 13.0. The molecule has 0 bridgehead atoms. The molecule has 0 saturated heterocycles. The van der Waals surface area contributed by atoms with Gasteiger partial charge in [-0.3, -0.25) is 0 Å². The first-order chi connectivity index (χ1) is 9.15. The highest BCUT2D eigenvalue weighted by molar-refractivity contribution is 6.35. The highest BCUT2D eigenvalue weighted by Gasteiger charge is 2.15. The van der Waals surface area contributed by atoms with Gasteiger partial charge in [-0.15, -0.1) is 0 Å². The van der Waals surface area contributed by atoms with Crippen LogP contribution < -0.4 is 5.73 Å². The number of aromatic nitrogens is 2. The Balaban J connectivity index is 2.21. The number of imidazole rings is 1. The fourth-order valence-electron chi connectivity index (χ4n) is 2.57. The largest absolute Gasteiger partial charge is 0.369 e. The van der Waals surface area contributed by atoms with Crippen LogP contribution in [0, 0.1) is 0 Å². The van der Waals surface area contributed by atoms with Gasteiger partial charge in [-0.1, -0.05) is 50.3 Å². The minimum absolute atomic E-state index is 0.335. The summed E-state index contributed by atoms with van der Waals surface area (Å²) in [5.74, 6) is 0.561. The van der Waals surface area contributed by atoms with E-state index in [0.29, 0.717) is 12.0 Å². The van der Waals surface area contributed by atoms with Gasteiger partial charge in [-0.2, -0.15) is 0 Å². The summed E-state index contributed by atoms with van der Waals surface area (Å²) in [7, 11) is 0. The molecule has 104 valence electrons. The second-order valence-electron chi connectivity index (χ2n) is 5.15. The number of nitrogen functional groups attached to an aromatic ring is 1. The topological polar surface area (TPSA) is 43.8 Å². The third kappa shape index (κ3) is 3.03. The Hall–Kier alpha value is -1.22. The van der Waals surface area contributed by atoms with E-state index in [1.807, 2.05) is 18.2 Å². The second kappa shape index (κ2) is 6.29. The smallest absolute Gasteiger partial charge is 0.201 e. The SMILES string of the molecule is CCCCCCC(C)n1c(N)nc2cccc(Cl)c21. The van der Waals surface area contributed by atoms with Crippen molar-refractivity contribution in [3.8, 4) is 0 Å². The summed E-state index contributed by atoms with van der Waals surface area (Å²) < 4.78 is 2.07. The number of halogens is 1. The van der Waals surface area contributed by atoms with E-state index < -0.39 is 0 Å². The summed E-state index contributed by atoms with van der Waals surface area (Å²) in [6.45, 7) is 4.41. The minimum Gasteiger partial charge on any atom is -0.369 e. The highest BCUT2D eigenvalue weighted by atomic mass is 35.5. The summed E-state index contributed by atoms with van der Waals surface area (Å²) in [4.78, 5) is 4.40. The van der Waals surface area contributed by atoms with Gasteiger partial charge in [0, 0.05) is 6.04 Å². The monoisotopic (exact) mass is 279 g/mol. The molecule has 0 spiro atoms. The van der Waals surface area contributed by atoms with Gasteiger partial charge in [0.05, 0.1) is 16.1 Å². The summed E-state index contributed by atoms with van der Waals surface area (Å²) >= 11 is 6.29. The fourth-order valence-corrected chi connectivity index (χ4v) is 2.83. The van der Waals surface area contributed by atoms with Crippen LogP contribution in [0.15, 0.2) is 18.2 Å². The van der Waals surface area contributed by atoms with E-state index in [1.54, 1.807) is 0 Å². The van der Waals surface area contributed by atoms with Crippen molar-refractivity contribution in [2.75, 3.05) is 5.73 Å². The molecule has 1 aromatic heterocycles. The lowest BCUT2D eigenvalue weighted by Gasteiger charge is -2.16. The van der Waals surface area contributed by atoms with Gasteiger partial charge < -0.3 is 10.3 Å². The van der Waals surface area contributed by atoms with Crippen LogP contribution in [0.25, 0.3) is 11.0 Å². The van der Waals surface area contributed by atoms with Gasteiger partial charge >= 0.3 is 0 Å². The first-order valence-corrected chi connectivity index (χ1v) is 7.44. The number of para-hydroxylation sites is 1. The van der Waals surface area contributed by atoms with Crippen LogP contribution in [0.3, 0.4) is 0 Å². The van der Waals surface area contributed by atoms with E-state index in [9.17, 15) is 0 Å². The minimum atomic E-state index is 0.335. The molecule has 4 heteroatoms. The predicted molar refractivity (Wildman–Crippen MR) is 82.6 cm³/mol. The van der Waals surface area contributed by atoms with Crippen molar-refractivity contribution in [3.63, 3.8) is 0 Å². The lowest BCUT2D eigenvalue weighted by molar-refractivity contribution is 0.486. The van der Waals surface area contributed by atoms with Gasteiger partial charge in [0.1, 0.15) is 0 Å². The van der Waals surface area contributed by atoms with Crippen molar-refractivity contribution in [2.24, 2.45) is 0 Å². The molecule has 19 heavy (non-hydrogen) atoms. The lowest BCUT2D eigenvalue weighted by atomic mass is 10.1. The first-order valence-electron chi connectivity index (χ1n) is 7.07. The first kappa shape index (κ1) is 14.2. The van der Waals surface area contributed by atoms with Crippen molar-refractivity contribution in [1.29, 1.82) is 0 Å². The van der Waals surface area contributed by atoms with Gasteiger partial charge in [-0.25, -0.2) is 4.98 Å². The maximum absolute atomic E-state index is 6.29. The molecule has 1 aromatic carbocycles. The van der Waals surface area contributed by atoms with E-state index in [4.69, 9.17) is 17.3 Å². The van der Waals surface area contributed by atoms with Crippen molar-refractivity contribution >= 4 is 28.6 Å². The van der Waals surface area contributed by atoms with Gasteiger partial charge in [0.2, 0.25) is 5.95 Å². The summed E-state index contributed by atoms with van der Waals surface area (Å²) in [5.41, 5.74) is 7.89. The maximum Gasteiger partial charge on any atom is 0.201 e. The molecule has 0 saturated carbocycles.